The van der Waals surface area contributed by atoms with Crippen molar-refractivity contribution >= 4 is 17.3 Å². The molecule has 2 atom stereocenters. The number of carbonyl (C=O) groups is 1. The molecule has 21 heavy (non-hydrogen) atoms. The Morgan fingerprint density at radius 2 is 2.05 bits per heavy atom. The van der Waals surface area contributed by atoms with Gasteiger partial charge in [-0.05, 0) is 44.7 Å². The molecule has 0 radical (unpaired) electrons. The van der Waals surface area contributed by atoms with E-state index >= 15 is 0 Å². The number of benzene rings is 1. The molecule has 3 N–H and O–H groups in total. The number of nitrogen functional groups attached to an aromatic ring is 1. The van der Waals surface area contributed by atoms with Crippen LogP contribution in [0.15, 0.2) is 24.3 Å². The Hall–Kier alpha value is -1.59. The molecule has 1 fully saturated rings. The summed E-state index contributed by atoms with van der Waals surface area (Å²) in [5.74, 6) is 0.0388. The zero-order valence-corrected chi connectivity index (χ0v) is 13.2. The van der Waals surface area contributed by atoms with E-state index in [2.05, 4.69) is 29.0 Å². The van der Waals surface area contributed by atoms with Gasteiger partial charge in [-0.15, -0.1) is 0 Å². The largest absolute Gasteiger partial charge is 0.399 e. The number of nitrogens with one attached hydrogen (secondary N) is 1. The second kappa shape index (κ2) is 6.91. The first-order chi connectivity index (χ1) is 10.0. The molecule has 1 aliphatic rings. The number of hydrogen-bond acceptors (Lipinski definition) is 4. The summed E-state index contributed by atoms with van der Waals surface area (Å²) in [6.45, 7) is 10.3. The van der Waals surface area contributed by atoms with Crippen molar-refractivity contribution in [3.63, 3.8) is 0 Å². The lowest BCUT2D eigenvalue weighted by atomic mass is 10.1. The summed E-state index contributed by atoms with van der Waals surface area (Å²) in [7, 11) is 0. The fourth-order valence-corrected chi connectivity index (χ4v) is 2.82. The van der Waals surface area contributed by atoms with Crippen LogP contribution in [-0.2, 0) is 4.79 Å². The Morgan fingerprint density at radius 3 is 2.62 bits per heavy atom. The lowest BCUT2D eigenvalue weighted by molar-refractivity contribution is -0.121. The second-order valence-corrected chi connectivity index (χ2v) is 5.76. The predicted octanol–water partition coefficient (Wildman–Crippen LogP) is 1.62. The van der Waals surface area contributed by atoms with Crippen LogP contribution in [0.3, 0.4) is 0 Å². The van der Waals surface area contributed by atoms with Crippen LogP contribution in [0.1, 0.15) is 20.8 Å². The van der Waals surface area contributed by atoms with E-state index < -0.39 is 0 Å². The summed E-state index contributed by atoms with van der Waals surface area (Å²) in [5.41, 5.74) is 7.14. The molecule has 116 valence electrons. The molecule has 1 saturated heterocycles. The number of piperazine rings is 1. The highest BCUT2D eigenvalue weighted by Gasteiger charge is 2.28. The number of nitrogens with two attached hydrogens (primary N) is 1. The molecule has 5 nitrogen and oxygen atoms in total. The number of carbonyl (C=O) groups excluding carboxylic acids is 1. The molecule has 0 bridgehead atoms. The van der Waals surface area contributed by atoms with Crippen LogP contribution in [0, 0.1) is 0 Å². The van der Waals surface area contributed by atoms with Crippen LogP contribution in [0.5, 0.6) is 0 Å². The number of nitrogens with zero attached hydrogens (tertiary/aromatic N) is 2. The van der Waals surface area contributed by atoms with E-state index in [1.807, 2.05) is 19.1 Å². The zero-order valence-electron chi connectivity index (χ0n) is 13.2. The van der Waals surface area contributed by atoms with Crippen molar-refractivity contribution in [3.05, 3.63) is 24.3 Å². The van der Waals surface area contributed by atoms with Gasteiger partial charge in [0.05, 0.1) is 6.04 Å². The van der Waals surface area contributed by atoms with E-state index in [0.717, 1.165) is 31.9 Å². The van der Waals surface area contributed by atoms with Crippen LogP contribution in [0.4, 0.5) is 11.4 Å². The molecule has 0 aliphatic carbocycles. The van der Waals surface area contributed by atoms with Crippen molar-refractivity contribution in [1.82, 2.24) is 9.80 Å². The molecule has 5 heteroatoms. The van der Waals surface area contributed by atoms with Gasteiger partial charge in [-0.3, -0.25) is 14.6 Å². The van der Waals surface area contributed by atoms with E-state index in [-0.39, 0.29) is 11.9 Å². The molecule has 1 aliphatic heterocycles. The average Bonchev–Trinajstić information content (AvgIpc) is 2.48. The van der Waals surface area contributed by atoms with E-state index in [1.54, 1.807) is 12.1 Å². The fourth-order valence-electron chi connectivity index (χ4n) is 2.82. The van der Waals surface area contributed by atoms with E-state index in [9.17, 15) is 4.79 Å². The maximum Gasteiger partial charge on any atom is 0.241 e. The Bertz CT molecular complexity index is 474. The third-order valence-electron chi connectivity index (χ3n) is 4.31. The van der Waals surface area contributed by atoms with Gasteiger partial charge >= 0.3 is 0 Å². The maximum atomic E-state index is 12.4. The lowest BCUT2D eigenvalue weighted by Gasteiger charge is -2.41. The van der Waals surface area contributed by atoms with Crippen molar-refractivity contribution < 1.29 is 4.79 Å². The number of rotatable bonds is 4. The van der Waals surface area contributed by atoms with Gasteiger partial charge in [0, 0.05) is 37.1 Å². The van der Waals surface area contributed by atoms with Gasteiger partial charge in [-0.25, -0.2) is 0 Å². The quantitative estimate of drug-likeness (QED) is 0.827. The van der Waals surface area contributed by atoms with Gasteiger partial charge in [0.1, 0.15) is 0 Å². The van der Waals surface area contributed by atoms with Crippen molar-refractivity contribution in [2.75, 3.05) is 37.2 Å². The molecule has 0 saturated carbocycles. The first kappa shape index (κ1) is 15.8. The van der Waals surface area contributed by atoms with E-state index in [1.165, 1.54) is 0 Å². The SMILES string of the molecule is CCN1CCN(C(C)C(=O)Nc2ccc(N)cc2)CC1C. The molecule has 0 spiro atoms. The first-order valence-corrected chi connectivity index (χ1v) is 7.65. The molecule has 0 aromatic heterocycles. The number of likely N-dealkylation sites (N-methyl/N-ethyl adjacent to an activating group) is 1. The van der Waals surface area contributed by atoms with E-state index in [0.29, 0.717) is 11.7 Å². The van der Waals surface area contributed by atoms with Gasteiger partial charge in [-0.2, -0.15) is 0 Å². The molecular formula is C16H26N4O. The highest BCUT2D eigenvalue weighted by atomic mass is 16.2. The molecular weight excluding hydrogens is 264 g/mol. The van der Waals surface area contributed by atoms with Crippen molar-refractivity contribution in [2.45, 2.75) is 32.9 Å². The number of anilines is 2. The molecule has 1 aromatic carbocycles. The Kier molecular flexibility index (Phi) is 5.20. The predicted molar refractivity (Wildman–Crippen MR) is 87.2 cm³/mol. The summed E-state index contributed by atoms with van der Waals surface area (Å²) < 4.78 is 0. The van der Waals surface area contributed by atoms with Crippen molar-refractivity contribution in [2.24, 2.45) is 0 Å². The summed E-state index contributed by atoms with van der Waals surface area (Å²) in [5, 5.41) is 2.96. The van der Waals surface area contributed by atoms with Crippen molar-refractivity contribution in [1.29, 1.82) is 0 Å². The zero-order chi connectivity index (χ0) is 15.4. The van der Waals surface area contributed by atoms with Gasteiger partial charge in [0.15, 0.2) is 0 Å². The van der Waals surface area contributed by atoms with Gasteiger partial charge < -0.3 is 11.1 Å². The summed E-state index contributed by atoms with van der Waals surface area (Å²) in [6.07, 6.45) is 0. The normalized spacial score (nSPS) is 22.0. The third kappa shape index (κ3) is 3.95. The standard InChI is InChI=1S/C16H26N4O/c1-4-19-9-10-20(11-12(19)2)13(3)16(21)18-15-7-5-14(17)6-8-15/h5-8,12-13H,4,9-11,17H2,1-3H3,(H,18,21). The third-order valence-corrected chi connectivity index (χ3v) is 4.31. The maximum absolute atomic E-state index is 12.4. The van der Waals surface area contributed by atoms with Crippen LogP contribution < -0.4 is 11.1 Å². The number of amides is 1. The van der Waals surface area contributed by atoms with Gasteiger partial charge in [-0.1, -0.05) is 6.92 Å². The minimum absolute atomic E-state index is 0.0388. The van der Waals surface area contributed by atoms with Crippen molar-refractivity contribution in [3.8, 4) is 0 Å². The molecule has 1 heterocycles. The first-order valence-electron chi connectivity index (χ1n) is 7.65. The summed E-state index contributed by atoms with van der Waals surface area (Å²) >= 11 is 0. The molecule has 1 aromatic rings. The molecule has 2 unspecified atom stereocenters. The van der Waals surface area contributed by atoms with Crippen LogP contribution in [-0.4, -0.2) is 54.0 Å². The van der Waals surface area contributed by atoms with Gasteiger partial charge in [0.2, 0.25) is 5.91 Å². The second-order valence-electron chi connectivity index (χ2n) is 5.76. The van der Waals surface area contributed by atoms with Crippen LogP contribution >= 0.6 is 0 Å². The highest BCUT2D eigenvalue weighted by Crippen LogP contribution is 2.15. The minimum atomic E-state index is -0.121. The molecule has 2 rings (SSSR count). The Morgan fingerprint density at radius 1 is 1.38 bits per heavy atom. The summed E-state index contributed by atoms with van der Waals surface area (Å²) in [6, 6.07) is 7.62. The number of hydrogen-bond donors (Lipinski definition) is 2. The van der Waals surface area contributed by atoms with E-state index in [4.69, 9.17) is 5.73 Å². The van der Waals surface area contributed by atoms with Crippen LogP contribution in [0.2, 0.25) is 0 Å². The lowest BCUT2D eigenvalue weighted by Crippen LogP contribution is -2.56. The summed E-state index contributed by atoms with van der Waals surface area (Å²) in [4.78, 5) is 17.1. The minimum Gasteiger partial charge on any atom is -0.399 e. The topological polar surface area (TPSA) is 61.6 Å². The van der Waals surface area contributed by atoms with Crippen LogP contribution in [0.25, 0.3) is 0 Å². The average molecular weight is 290 g/mol. The Labute approximate surface area is 127 Å². The highest BCUT2D eigenvalue weighted by molar-refractivity contribution is 5.94. The molecule has 1 amide bonds. The smallest absolute Gasteiger partial charge is 0.241 e. The van der Waals surface area contributed by atoms with Gasteiger partial charge in [0.25, 0.3) is 0 Å². The fraction of sp³-hybridized carbons (Fsp3) is 0.562. The monoisotopic (exact) mass is 290 g/mol. The Balaban J connectivity index is 1.92.